The number of benzene rings is 2. The molecule has 3 rings (SSSR count). The second-order valence-electron chi connectivity index (χ2n) is 8.11. The van der Waals surface area contributed by atoms with Crippen molar-refractivity contribution in [2.45, 2.75) is 26.3 Å². The molecular formula is C26H32N2O5. The van der Waals surface area contributed by atoms with Crippen LogP contribution in [0, 0.1) is 0 Å². The number of hydrogen-bond donors (Lipinski definition) is 1. The third kappa shape index (κ3) is 5.54. The lowest BCUT2D eigenvalue weighted by molar-refractivity contribution is -0.139. The summed E-state index contributed by atoms with van der Waals surface area (Å²) >= 11 is 0. The highest BCUT2D eigenvalue weighted by Gasteiger charge is 2.45. The highest BCUT2D eigenvalue weighted by atomic mass is 16.5. The number of rotatable bonds is 10. The predicted molar refractivity (Wildman–Crippen MR) is 127 cm³/mol. The van der Waals surface area contributed by atoms with Gasteiger partial charge in [-0.15, -0.1) is 0 Å². The van der Waals surface area contributed by atoms with E-state index in [9.17, 15) is 14.7 Å². The highest BCUT2D eigenvalue weighted by molar-refractivity contribution is 6.46. The van der Waals surface area contributed by atoms with Gasteiger partial charge in [-0.25, -0.2) is 0 Å². The maximum absolute atomic E-state index is 13.1. The Morgan fingerprint density at radius 2 is 1.67 bits per heavy atom. The topological polar surface area (TPSA) is 79.3 Å². The fraction of sp³-hybridized carbons (Fsp3) is 0.385. The second kappa shape index (κ2) is 11.0. The average Bonchev–Trinajstić information content (AvgIpc) is 3.04. The van der Waals surface area contributed by atoms with E-state index in [0.29, 0.717) is 43.2 Å². The molecule has 1 amide bonds. The Balaban J connectivity index is 2.07. The van der Waals surface area contributed by atoms with Crippen molar-refractivity contribution in [1.82, 2.24) is 9.80 Å². The van der Waals surface area contributed by atoms with Crippen LogP contribution in [0.2, 0.25) is 0 Å². The van der Waals surface area contributed by atoms with Crippen molar-refractivity contribution in [2.24, 2.45) is 0 Å². The molecule has 1 heterocycles. The lowest BCUT2D eigenvalue weighted by Crippen LogP contribution is -2.32. The van der Waals surface area contributed by atoms with E-state index in [4.69, 9.17) is 9.47 Å². The molecule has 2 aromatic rings. The lowest BCUT2D eigenvalue weighted by atomic mass is 9.95. The van der Waals surface area contributed by atoms with Crippen LogP contribution in [0.4, 0.5) is 0 Å². The summed E-state index contributed by atoms with van der Waals surface area (Å²) in [5.41, 5.74) is 1.26. The Morgan fingerprint density at radius 3 is 2.30 bits per heavy atom. The van der Waals surface area contributed by atoms with Crippen molar-refractivity contribution in [3.05, 3.63) is 65.2 Å². The fourth-order valence-corrected chi connectivity index (χ4v) is 3.99. The van der Waals surface area contributed by atoms with Gasteiger partial charge in [-0.1, -0.05) is 12.1 Å². The molecular weight excluding hydrogens is 420 g/mol. The van der Waals surface area contributed by atoms with Gasteiger partial charge in [0, 0.05) is 12.1 Å². The van der Waals surface area contributed by atoms with Crippen molar-refractivity contribution >= 4 is 17.4 Å². The van der Waals surface area contributed by atoms with Gasteiger partial charge in [0.25, 0.3) is 11.7 Å². The molecule has 0 bridgehead atoms. The predicted octanol–water partition coefficient (Wildman–Crippen LogP) is 3.86. The van der Waals surface area contributed by atoms with Gasteiger partial charge in [0.05, 0.1) is 24.8 Å². The molecule has 0 radical (unpaired) electrons. The first kappa shape index (κ1) is 24.3. The number of aliphatic hydroxyl groups excluding tert-OH is 1. The van der Waals surface area contributed by atoms with Gasteiger partial charge >= 0.3 is 0 Å². The van der Waals surface area contributed by atoms with E-state index in [2.05, 4.69) is 0 Å². The number of hydrogen-bond acceptors (Lipinski definition) is 6. The van der Waals surface area contributed by atoms with Gasteiger partial charge in [0.15, 0.2) is 0 Å². The van der Waals surface area contributed by atoms with Gasteiger partial charge in [-0.3, -0.25) is 9.59 Å². The quantitative estimate of drug-likeness (QED) is 0.335. The normalized spacial score (nSPS) is 17.6. The third-order valence-corrected chi connectivity index (χ3v) is 5.47. The molecule has 1 atom stereocenters. The summed E-state index contributed by atoms with van der Waals surface area (Å²) < 4.78 is 11.1. The number of aliphatic hydroxyl groups is 1. The van der Waals surface area contributed by atoms with Crippen LogP contribution in [0.3, 0.4) is 0 Å². The van der Waals surface area contributed by atoms with Crippen LogP contribution in [0.1, 0.15) is 37.4 Å². The zero-order chi connectivity index (χ0) is 24.0. The van der Waals surface area contributed by atoms with Crippen molar-refractivity contribution < 1.29 is 24.2 Å². The summed E-state index contributed by atoms with van der Waals surface area (Å²) in [7, 11) is 3.92. The number of ketones is 1. The Bertz CT molecular complexity index is 1010. The first-order chi connectivity index (χ1) is 15.9. The minimum atomic E-state index is -0.695. The van der Waals surface area contributed by atoms with Gasteiger partial charge in [0.1, 0.15) is 17.3 Å². The van der Waals surface area contributed by atoms with Crippen LogP contribution < -0.4 is 9.47 Å². The molecule has 7 nitrogen and oxygen atoms in total. The van der Waals surface area contributed by atoms with Crippen LogP contribution in [0.15, 0.2) is 54.1 Å². The first-order valence-corrected chi connectivity index (χ1v) is 11.3. The van der Waals surface area contributed by atoms with E-state index < -0.39 is 17.7 Å². The summed E-state index contributed by atoms with van der Waals surface area (Å²) in [6, 6.07) is 13.5. The summed E-state index contributed by atoms with van der Waals surface area (Å²) in [6.45, 7) is 5.98. The monoisotopic (exact) mass is 452 g/mol. The Hall–Kier alpha value is -3.32. The average molecular weight is 453 g/mol. The van der Waals surface area contributed by atoms with Crippen molar-refractivity contribution in [2.75, 3.05) is 40.4 Å². The third-order valence-electron chi connectivity index (χ3n) is 5.47. The molecule has 1 saturated heterocycles. The zero-order valence-corrected chi connectivity index (χ0v) is 19.7. The molecule has 7 heteroatoms. The van der Waals surface area contributed by atoms with Crippen molar-refractivity contribution in [3.63, 3.8) is 0 Å². The largest absolute Gasteiger partial charge is 0.507 e. The molecule has 0 aromatic heterocycles. The molecule has 1 aliphatic rings. The number of ether oxygens (including phenoxy) is 2. The molecule has 176 valence electrons. The standard InChI is InChI=1S/C26H32N2O5/c1-5-32-20-13-11-18(12-14-20)24(29)22-23(19-9-7-10-21(17-19)33-6-2)28(26(31)25(22)30)16-8-15-27(3)4/h7,9-14,17,23,29H,5-6,8,15-16H2,1-4H3/b24-22-. The minimum Gasteiger partial charge on any atom is -0.507 e. The van der Waals surface area contributed by atoms with E-state index in [-0.39, 0.29) is 11.3 Å². The van der Waals surface area contributed by atoms with E-state index in [0.717, 1.165) is 12.1 Å². The highest BCUT2D eigenvalue weighted by Crippen LogP contribution is 2.40. The first-order valence-electron chi connectivity index (χ1n) is 11.3. The molecule has 0 saturated carbocycles. The summed E-state index contributed by atoms with van der Waals surface area (Å²) in [5.74, 6) is -0.168. The molecule has 1 fully saturated rings. The van der Waals surface area contributed by atoms with E-state index in [1.807, 2.05) is 57.1 Å². The Labute approximate surface area is 195 Å². The molecule has 0 spiro atoms. The molecule has 2 aromatic carbocycles. The SMILES string of the molecule is CCOc1ccc(/C(O)=C2/C(=O)C(=O)N(CCCN(C)C)C2c2cccc(OCC)c2)cc1. The van der Waals surface area contributed by atoms with Crippen molar-refractivity contribution in [3.8, 4) is 11.5 Å². The number of carbonyl (C=O) groups excluding carboxylic acids is 2. The van der Waals surface area contributed by atoms with Crippen LogP contribution in [0.25, 0.3) is 5.76 Å². The second-order valence-corrected chi connectivity index (χ2v) is 8.11. The Kier molecular flexibility index (Phi) is 8.11. The van der Waals surface area contributed by atoms with E-state index in [1.54, 1.807) is 29.2 Å². The number of amides is 1. The summed E-state index contributed by atoms with van der Waals surface area (Å²) in [6.07, 6.45) is 0.699. The van der Waals surface area contributed by atoms with Gasteiger partial charge < -0.3 is 24.4 Å². The molecule has 0 aliphatic carbocycles. The van der Waals surface area contributed by atoms with E-state index in [1.165, 1.54) is 0 Å². The maximum atomic E-state index is 13.1. The smallest absolute Gasteiger partial charge is 0.295 e. The molecule has 33 heavy (non-hydrogen) atoms. The van der Waals surface area contributed by atoms with Crippen LogP contribution >= 0.6 is 0 Å². The number of nitrogens with zero attached hydrogens (tertiary/aromatic N) is 2. The molecule has 1 aliphatic heterocycles. The number of carbonyl (C=O) groups is 2. The number of likely N-dealkylation sites (tertiary alicyclic amines) is 1. The minimum absolute atomic E-state index is 0.0858. The van der Waals surface area contributed by atoms with Gasteiger partial charge in [0.2, 0.25) is 0 Å². The van der Waals surface area contributed by atoms with Crippen LogP contribution in [-0.4, -0.2) is 67.0 Å². The Morgan fingerprint density at radius 1 is 1.00 bits per heavy atom. The molecule has 1 unspecified atom stereocenters. The van der Waals surface area contributed by atoms with E-state index >= 15 is 0 Å². The zero-order valence-electron chi connectivity index (χ0n) is 19.7. The molecule has 1 N–H and O–H groups in total. The van der Waals surface area contributed by atoms with Crippen molar-refractivity contribution in [1.29, 1.82) is 0 Å². The fourth-order valence-electron chi connectivity index (χ4n) is 3.99. The van der Waals surface area contributed by atoms with Gasteiger partial charge in [-0.2, -0.15) is 0 Å². The van der Waals surface area contributed by atoms with Gasteiger partial charge in [-0.05, 0) is 82.9 Å². The van der Waals surface area contributed by atoms with Crippen LogP contribution in [0.5, 0.6) is 11.5 Å². The summed E-state index contributed by atoms with van der Waals surface area (Å²) in [4.78, 5) is 29.7. The summed E-state index contributed by atoms with van der Waals surface area (Å²) in [5, 5.41) is 11.2. The lowest BCUT2D eigenvalue weighted by Gasteiger charge is -2.26. The van der Waals surface area contributed by atoms with Crippen LogP contribution in [-0.2, 0) is 9.59 Å². The number of Topliss-reactive ketones (excluding diaryl/α,β-unsaturated/α-hetero) is 1. The maximum Gasteiger partial charge on any atom is 0.295 e.